The molecule has 1 amide bonds. The normalized spacial score (nSPS) is 34.2. The minimum absolute atomic E-state index is 0.116. The molecule has 2 heterocycles. The van der Waals surface area contributed by atoms with Gasteiger partial charge in [-0.2, -0.15) is 0 Å². The molecule has 0 spiro atoms. The molecule has 4 nitrogen and oxygen atoms in total. The predicted octanol–water partition coefficient (Wildman–Crippen LogP) is 1.75. The third kappa shape index (κ3) is 2.22. The Kier molecular flexibility index (Phi) is 3.14. The molecule has 1 aromatic rings. The number of amides is 1. The zero-order chi connectivity index (χ0) is 14.4. The average Bonchev–Trinajstić information content (AvgIpc) is 3.09. The molecule has 4 atom stereocenters. The Hall–Kier alpha value is -1.55. The van der Waals surface area contributed by atoms with Gasteiger partial charge < -0.3 is 15.4 Å². The molecular weight excluding hydrogens is 264 g/mol. The number of nitrogens with two attached hydrogens (primary N) is 1. The highest BCUT2D eigenvalue weighted by Crippen LogP contribution is 2.39. The van der Waals surface area contributed by atoms with Gasteiger partial charge in [-0.15, -0.1) is 0 Å². The number of hydrogen-bond donors (Lipinski definition) is 1. The summed E-state index contributed by atoms with van der Waals surface area (Å²) in [5, 5.41) is 0. The van der Waals surface area contributed by atoms with Crippen molar-refractivity contribution in [2.75, 3.05) is 19.7 Å². The average molecular weight is 286 g/mol. The maximum atomic E-state index is 12.8. The van der Waals surface area contributed by atoms with Gasteiger partial charge in [0, 0.05) is 24.7 Å². The van der Waals surface area contributed by atoms with E-state index in [1.54, 1.807) is 0 Å². The Bertz CT molecular complexity index is 559. The Morgan fingerprint density at radius 2 is 2.00 bits per heavy atom. The van der Waals surface area contributed by atoms with E-state index in [1.165, 1.54) is 6.42 Å². The van der Waals surface area contributed by atoms with E-state index in [9.17, 15) is 4.79 Å². The molecule has 0 bridgehead atoms. The van der Waals surface area contributed by atoms with Crippen molar-refractivity contribution in [3.63, 3.8) is 0 Å². The van der Waals surface area contributed by atoms with E-state index in [-0.39, 0.29) is 11.8 Å². The number of fused-ring (bicyclic) bond motifs is 2. The van der Waals surface area contributed by atoms with Crippen LogP contribution in [0.5, 0.6) is 5.75 Å². The van der Waals surface area contributed by atoms with Crippen LogP contribution in [0.25, 0.3) is 0 Å². The molecule has 0 aromatic heterocycles. The number of hydrogen-bond acceptors (Lipinski definition) is 3. The molecule has 1 saturated carbocycles. The quantitative estimate of drug-likeness (QED) is 0.855. The molecule has 0 radical (unpaired) electrons. The number of para-hydroxylation sites is 1. The number of likely N-dealkylation sites (tertiary alicyclic amines) is 1. The van der Waals surface area contributed by atoms with Crippen LogP contribution >= 0.6 is 0 Å². The molecule has 2 N–H and O–H groups in total. The first-order chi connectivity index (χ1) is 10.2. The lowest BCUT2D eigenvalue weighted by Crippen LogP contribution is -2.34. The monoisotopic (exact) mass is 286 g/mol. The van der Waals surface area contributed by atoms with E-state index >= 15 is 0 Å². The van der Waals surface area contributed by atoms with Crippen LogP contribution in [-0.2, 0) is 4.79 Å². The van der Waals surface area contributed by atoms with Gasteiger partial charge in [0.15, 0.2) is 0 Å². The lowest BCUT2D eigenvalue weighted by molar-refractivity contribution is -0.132. The van der Waals surface area contributed by atoms with Gasteiger partial charge in [-0.3, -0.25) is 4.79 Å². The van der Waals surface area contributed by atoms with Gasteiger partial charge in [0.2, 0.25) is 5.91 Å². The molecule has 2 unspecified atom stereocenters. The summed E-state index contributed by atoms with van der Waals surface area (Å²) in [5.74, 6) is 2.26. The lowest BCUT2D eigenvalue weighted by Gasteiger charge is -2.27. The first-order valence-electron chi connectivity index (χ1n) is 7.98. The minimum Gasteiger partial charge on any atom is -0.492 e. The van der Waals surface area contributed by atoms with Crippen molar-refractivity contribution in [3.8, 4) is 5.75 Å². The Morgan fingerprint density at radius 1 is 1.19 bits per heavy atom. The van der Waals surface area contributed by atoms with E-state index in [2.05, 4.69) is 4.90 Å². The SMILES string of the molecule is NC1CC[C@@H]2CN(C(=O)C3COc4ccccc43)C[C@@H]2C1. The maximum absolute atomic E-state index is 12.8. The van der Waals surface area contributed by atoms with E-state index in [4.69, 9.17) is 10.5 Å². The summed E-state index contributed by atoms with van der Waals surface area (Å²) in [6.45, 7) is 2.29. The summed E-state index contributed by atoms with van der Waals surface area (Å²) in [4.78, 5) is 14.9. The summed E-state index contributed by atoms with van der Waals surface area (Å²) < 4.78 is 5.66. The van der Waals surface area contributed by atoms with Gasteiger partial charge in [-0.05, 0) is 37.2 Å². The zero-order valence-corrected chi connectivity index (χ0v) is 12.2. The van der Waals surface area contributed by atoms with Gasteiger partial charge in [0.1, 0.15) is 18.3 Å². The van der Waals surface area contributed by atoms with Gasteiger partial charge >= 0.3 is 0 Å². The standard InChI is InChI=1S/C17H22N2O2/c18-13-6-5-11-8-19(9-12(11)7-13)17(20)15-10-21-16-4-2-1-3-14(15)16/h1-4,11-13,15H,5-10,18H2/t11-,12+,13?,15?/m1/s1. The second kappa shape index (κ2) is 5.02. The maximum Gasteiger partial charge on any atom is 0.233 e. The molecule has 4 heteroatoms. The summed E-state index contributed by atoms with van der Waals surface area (Å²) in [6, 6.07) is 8.24. The Labute approximate surface area is 125 Å². The molecular formula is C17H22N2O2. The van der Waals surface area contributed by atoms with E-state index in [0.717, 1.165) is 37.2 Å². The van der Waals surface area contributed by atoms with Crippen molar-refractivity contribution in [2.24, 2.45) is 17.6 Å². The minimum atomic E-state index is -0.116. The number of benzene rings is 1. The topological polar surface area (TPSA) is 55.6 Å². The highest BCUT2D eigenvalue weighted by atomic mass is 16.5. The summed E-state index contributed by atoms with van der Waals surface area (Å²) in [5.41, 5.74) is 7.12. The first kappa shape index (κ1) is 13.1. The van der Waals surface area contributed by atoms with Crippen LogP contribution in [0.2, 0.25) is 0 Å². The van der Waals surface area contributed by atoms with Crippen LogP contribution < -0.4 is 10.5 Å². The first-order valence-corrected chi connectivity index (χ1v) is 7.98. The van der Waals surface area contributed by atoms with Crippen molar-refractivity contribution in [1.29, 1.82) is 0 Å². The predicted molar refractivity (Wildman–Crippen MR) is 80.1 cm³/mol. The Balaban J connectivity index is 1.50. The van der Waals surface area contributed by atoms with Gasteiger partial charge in [0.25, 0.3) is 0 Å². The highest BCUT2D eigenvalue weighted by Gasteiger charge is 2.41. The van der Waals surface area contributed by atoms with Crippen LogP contribution in [-0.4, -0.2) is 36.5 Å². The fourth-order valence-electron chi connectivity index (χ4n) is 4.24. The van der Waals surface area contributed by atoms with Crippen LogP contribution in [0.1, 0.15) is 30.7 Å². The summed E-state index contributed by atoms with van der Waals surface area (Å²) >= 11 is 0. The van der Waals surface area contributed by atoms with Crippen molar-refractivity contribution in [3.05, 3.63) is 29.8 Å². The van der Waals surface area contributed by atoms with Crippen LogP contribution in [0, 0.1) is 11.8 Å². The lowest BCUT2D eigenvalue weighted by atomic mass is 9.79. The number of nitrogens with zero attached hydrogens (tertiary/aromatic N) is 1. The molecule has 2 aliphatic heterocycles. The fourth-order valence-corrected chi connectivity index (χ4v) is 4.24. The molecule has 112 valence electrons. The second-order valence-electron chi connectivity index (χ2n) is 6.74. The smallest absolute Gasteiger partial charge is 0.233 e. The van der Waals surface area contributed by atoms with Gasteiger partial charge in [-0.1, -0.05) is 18.2 Å². The van der Waals surface area contributed by atoms with E-state index in [0.29, 0.717) is 24.5 Å². The number of carbonyl (C=O) groups excluding carboxylic acids is 1. The zero-order valence-electron chi connectivity index (χ0n) is 12.2. The molecule has 21 heavy (non-hydrogen) atoms. The molecule has 1 aliphatic carbocycles. The second-order valence-corrected chi connectivity index (χ2v) is 6.74. The largest absolute Gasteiger partial charge is 0.492 e. The molecule has 2 fully saturated rings. The summed E-state index contributed by atoms with van der Waals surface area (Å²) in [7, 11) is 0. The van der Waals surface area contributed by atoms with E-state index in [1.807, 2.05) is 24.3 Å². The van der Waals surface area contributed by atoms with Crippen LogP contribution in [0.4, 0.5) is 0 Å². The third-order valence-electron chi connectivity index (χ3n) is 5.40. The molecule has 4 rings (SSSR count). The fraction of sp³-hybridized carbons (Fsp3) is 0.588. The number of rotatable bonds is 1. The van der Waals surface area contributed by atoms with Crippen molar-refractivity contribution < 1.29 is 9.53 Å². The van der Waals surface area contributed by atoms with E-state index < -0.39 is 0 Å². The van der Waals surface area contributed by atoms with Gasteiger partial charge in [-0.25, -0.2) is 0 Å². The highest BCUT2D eigenvalue weighted by molar-refractivity contribution is 5.85. The number of ether oxygens (including phenoxy) is 1. The molecule has 1 aromatic carbocycles. The third-order valence-corrected chi connectivity index (χ3v) is 5.40. The van der Waals surface area contributed by atoms with Gasteiger partial charge in [0.05, 0.1) is 0 Å². The van der Waals surface area contributed by atoms with Crippen LogP contribution in [0.3, 0.4) is 0 Å². The van der Waals surface area contributed by atoms with Crippen LogP contribution in [0.15, 0.2) is 24.3 Å². The molecule has 1 saturated heterocycles. The van der Waals surface area contributed by atoms with Crippen molar-refractivity contribution in [2.45, 2.75) is 31.2 Å². The number of carbonyl (C=O) groups is 1. The molecule has 3 aliphatic rings. The van der Waals surface area contributed by atoms with Crippen molar-refractivity contribution in [1.82, 2.24) is 4.90 Å². The Morgan fingerprint density at radius 3 is 2.90 bits per heavy atom. The summed E-state index contributed by atoms with van der Waals surface area (Å²) in [6.07, 6.45) is 3.36. The van der Waals surface area contributed by atoms with Crippen molar-refractivity contribution >= 4 is 5.91 Å².